The number of nitrogens with zero attached hydrogens (tertiary/aromatic N) is 2. The van der Waals surface area contributed by atoms with Crippen molar-refractivity contribution in [3.8, 4) is 0 Å². The smallest absolute Gasteiger partial charge is 0.144 e. The van der Waals surface area contributed by atoms with Crippen LogP contribution >= 0.6 is 0 Å². The molecule has 0 fully saturated rings. The molecule has 1 heterocycles. The fourth-order valence-electron chi connectivity index (χ4n) is 2.31. The summed E-state index contributed by atoms with van der Waals surface area (Å²) in [6, 6.07) is 19.9. The van der Waals surface area contributed by atoms with Gasteiger partial charge < -0.3 is 10.6 Å². The lowest BCUT2D eigenvalue weighted by Crippen LogP contribution is -2.15. The molecule has 0 radical (unpaired) electrons. The summed E-state index contributed by atoms with van der Waals surface area (Å²) in [5, 5.41) is 5.08. The van der Waals surface area contributed by atoms with Gasteiger partial charge in [-0.2, -0.15) is 0 Å². The molecule has 22 heavy (non-hydrogen) atoms. The number of hydrogen-bond donors (Lipinski definition) is 1. The zero-order valence-corrected chi connectivity index (χ0v) is 12.1. The highest BCUT2D eigenvalue weighted by molar-refractivity contribution is 5.82. The highest BCUT2D eigenvalue weighted by Crippen LogP contribution is 2.16. The predicted octanol–water partition coefficient (Wildman–Crippen LogP) is 3.27. The van der Waals surface area contributed by atoms with Crippen LogP contribution < -0.4 is 5.73 Å². The summed E-state index contributed by atoms with van der Waals surface area (Å²) in [6.45, 7) is 0.351. The summed E-state index contributed by atoms with van der Waals surface area (Å²) < 4.78 is 0. The van der Waals surface area contributed by atoms with Crippen LogP contribution in [-0.2, 0) is 17.9 Å². The molecule has 0 saturated heterocycles. The third-order valence-electron chi connectivity index (χ3n) is 3.35. The molecule has 3 aromatic rings. The maximum Gasteiger partial charge on any atom is 0.144 e. The first-order valence-corrected chi connectivity index (χ1v) is 7.14. The number of para-hydroxylation sites is 1. The fraction of sp³-hybridized carbons (Fsp3) is 0.111. The van der Waals surface area contributed by atoms with Gasteiger partial charge in [0.15, 0.2) is 0 Å². The number of rotatable bonds is 5. The van der Waals surface area contributed by atoms with Crippen LogP contribution in [0, 0.1) is 0 Å². The Morgan fingerprint density at radius 2 is 1.82 bits per heavy atom. The number of oxime groups is 1. The Balaban J connectivity index is 1.65. The number of benzene rings is 2. The second kappa shape index (κ2) is 6.72. The average molecular weight is 291 g/mol. The summed E-state index contributed by atoms with van der Waals surface area (Å²) >= 11 is 0. The van der Waals surface area contributed by atoms with Gasteiger partial charge in [-0.05, 0) is 11.6 Å². The van der Waals surface area contributed by atoms with E-state index in [2.05, 4.69) is 10.1 Å². The number of pyridine rings is 1. The molecule has 1 aromatic heterocycles. The zero-order valence-electron chi connectivity index (χ0n) is 12.1. The quantitative estimate of drug-likeness (QED) is 0.446. The van der Waals surface area contributed by atoms with Crippen LogP contribution in [0.1, 0.15) is 11.1 Å². The molecule has 110 valence electrons. The van der Waals surface area contributed by atoms with Crippen molar-refractivity contribution in [1.29, 1.82) is 0 Å². The van der Waals surface area contributed by atoms with E-state index in [-0.39, 0.29) is 0 Å². The van der Waals surface area contributed by atoms with E-state index in [0.717, 1.165) is 22.0 Å². The van der Waals surface area contributed by atoms with Crippen molar-refractivity contribution in [3.63, 3.8) is 0 Å². The van der Waals surface area contributed by atoms with Crippen LogP contribution in [0.5, 0.6) is 0 Å². The van der Waals surface area contributed by atoms with Gasteiger partial charge in [0.05, 0.1) is 5.52 Å². The molecule has 0 saturated carbocycles. The van der Waals surface area contributed by atoms with Gasteiger partial charge in [-0.15, -0.1) is 0 Å². The fourth-order valence-corrected chi connectivity index (χ4v) is 2.31. The van der Waals surface area contributed by atoms with Gasteiger partial charge in [0, 0.05) is 23.6 Å². The first-order valence-electron chi connectivity index (χ1n) is 7.14. The number of aromatic nitrogens is 1. The molecule has 2 aromatic carbocycles. The van der Waals surface area contributed by atoms with Crippen molar-refractivity contribution in [2.45, 2.75) is 13.0 Å². The second-order valence-electron chi connectivity index (χ2n) is 5.01. The molecular weight excluding hydrogens is 274 g/mol. The maximum absolute atomic E-state index is 5.89. The van der Waals surface area contributed by atoms with Gasteiger partial charge in [0.25, 0.3) is 0 Å². The topological polar surface area (TPSA) is 60.5 Å². The number of nitrogens with two attached hydrogens (primary N) is 1. The van der Waals surface area contributed by atoms with E-state index in [1.54, 1.807) is 6.20 Å². The second-order valence-corrected chi connectivity index (χ2v) is 5.01. The molecule has 3 rings (SSSR count). The molecule has 0 aliphatic rings. The van der Waals surface area contributed by atoms with Crippen molar-refractivity contribution >= 4 is 16.7 Å². The molecular formula is C18H17N3O. The monoisotopic (exact) mass is 291 g/mol. The SMILES string of the molecule is N/C(Cc1ccccc1)=N\OCc1cccc2cccnc12. The zero-order chi connectivity index (χ0) is 15.2. The molecule has 0 aliphatic carbocycles. The highest BCUT2D eigenvalue weighted by atomic mass is 16.6. The molecule has 0 atom stereocenters. The average Bonchev–Trinajstić information content (AvgIpc) is 2.56. The first-order chi connectivity index (χ1) is 10.8. The van der Waals surface area contributed by atoms with E-state index in [1.807, 2.05) is 60.7 Å². The number of fused-ring (bicyclic) bond motifs is 1. The molecule has 4 heteroatoms. The Morgan fingerprint density at radius 1 is 1.00 bits per heavy atom. The van der Waals surface area contributed by atoms with Crippen LogP contribution in [0.3, 0.4) is 0 Å². The summed E-state index contributed by atoms with van der Waals surface area (Å²) in [4.78, 5) is 9.77. The van der Waals surface area contributed by atoms with Gasteiger partial charge in [-0.1, -0.05) is 59.8 Å². The van der Waals surface area contributed by atoms with Crippen LogP contribution in [-0.4, -0.2) is 10.8 Å². The molecule has 0 aliphatic heterocycles. The van der Waals surface area contributed by atoms with E-state index in [1.165, 1.54) is 0 Å². The van der Waals surface area contributed by atoms with E-state index >= 15 is 0 Å². The highest BCUT2D eigenvalue weighted by Gasteiger charge is 2.02. The molecule has 0 unspecified atom stereocenters. The van der Waals surface area contributed by atoms with Crippen molar-refractivity contribution in [2.75, 3.05) is 0 Å². The number of amidine groups is 1. The van der Waals surface area contributed by atoms with E-state index in [4.69, 9.17) is 10.6 Å². The third-order valence-corrected chi connectivity index (χ3v) is 3.35. The van der Waals surface area contributed by atoms with Crippen molar-refractivity contribution < 1.29 is 4.84 Å². The molecule has 4 nitrogen and oxygen atoms in total. The third kappa shape index (κ3) is 3.41. The van der Waals surface area contributed by atoms with Crippen LogP contribution in [0.4, 0.5) is 0 Å². The van der Waals surface area contributed by atoms with Crippen molar-refractivity contribution in [2.24, 2.45) is 10.9 Å². The standard InChI is InChI=1S/C18H17N3O/c19-17(12-14-6-2-1-3-7-14)21-22-13-16-9-4-8-15-10-5-11-20-18(15)16/h1-11H,12-13H2,(H2,19,21). The summed E-state index contributed by atoms with van der Waals surface area (Å²) in [5.74, 6) is 0.458. The minimum absolute atomic E-state index is 0.351. The lowest BCUT2D eigenvalue weighted by atomic mass is 10.1. The van der Waals surface area contributed by atoms with Gasteiger partial charge in [-0.25, -0.2) is 0 Å². The Bertz CT molecular complexity index is 779. The van der Waals surface area contributed by atoms with E-state index < -0.39 is 0 Å². The normalized spacial score (nSPS) is 11.5. The Kier molecular flexibility index (Phi) is 4.30. The number of hydrogen-bond acceptors (Lipinski definition) is 3. The Morgan fingerprint density at radius 3 is 2.68 bits per heavy atom. The minimum Gasteiger partial charge on any atom is -0.389 e. The molecule has 0 spiro atoms. The van der Waals surface area contributed by atoms with Crippen LogP contribution in [0.15, 0.2) is 72.0 Å². The first kappa shape index (κ1) is 14.1. The van der Waals surface area contributed by atoms with E-state index in [0.29, 0.717) is 18.9 Å². The molecule has 2 N–H and O–H groups in total. The maximum atomic E-state index is 5.89. The van der Waals surface area contributed by atoms with Gasteiger partial charge in [0.1, 0.15) is 12.4 Å². The van der Waals surface area contributed by atoms with E-state index in [9.17, 15) is 0 Å². The summed E-state index contributed by atoms with van der Waals surface area (Å²) in [7, 11) is 0. The molecule has 0 bridgehead atoms. The summed E-state index contributed by atoms with van der Waals surface area (Å²) in [6.07, 6.45) is 2.35. The van der Waals surface area contributed by atoms with Gasteiger partial charge in [0.2, 0.25) is 0 Å². The lowest BCUT2D eigenvalue weighted by molar-refractivity contribution is 0.130. The van der Waals surface area contributed by atoms with Crippen molar-refractivity contribution in [3.05, 3.63) is 78.0 Å². The van der Waals surface area contributed by atoms with Gasteiger partial charge >= 0.3 is 0 Å². The predicted molar refractivity (Wildman–Crippen MR) is 88.3 cm³/mol. The van der Waals surface area contributed by atoms with Crippen molar-refractivity contribution in [1.82, 2.24) is 4.98 Å². The lowest BCUT2D eigenvalue weighted by Gasteiger charge is -2.05. The minimum atomic E-state index is 0.351. The molecule has 0 amide bonds. The van der Waals surface area contributed by atoms with Crippen LogP contribution in [0.25, 0.3) is 10.9 Å². The van der Waals surface area contributed by atoms with Crippen LogP contribution in [0.2, 0.25) is 0 Å². The van der Waals surface area contributed by atoms with Gasteiger partial charge in [-0.3, -0.25) is 4.98 Å². The Hall–Kier alpha value is -2.88. The Labute approximate surface area is 129 Å². The summed E-state index contributed by atoms with van der Waals surface area (Å²) in [5.41, 5.74) is 8.93. The largest absolute Gasteiger partial charge is 0.389 e.